The van der Waals surface area contributed by atoms with E-state index in [1.54, 1.807) is 52.0 Å². The third-order valence-corrected chi connectivity index (χ3v) is 3.06. The number of rotatable bonds is 8. The summed E-state index contributed by atoms with van der Waals surface area (Å²) in [5.74, 6) is -1.51. The van der Waals surface area contributed by atoms with Crippen molar-refractivity contribution >= 4 is 24.2 Å². The number of carboxylic acids is 1. The smallest absolute Gasteiger partial charge is 0.479 e. The van der Waals surface area contributed by atoms with Crippen molar-refractivity contribution in [3.8, 4) is 0 Å². The van der Waals surface area contributed by atoms with Crippen LogP contribution in [0.3, 0.4) is 0 Å². The van der Waals surface area contributed by atoms with Crippen LogP contribution in [0.25, 0.3) is 0 Å². The topological polar surface area (TPSA) is 137 Å². The van der Waals surface area contributed by atoms with Crippen molar-refractivity contribution in [1.29, 1.82) is 0 Å². The molecule has 0 spiro atoms. The summed E-state index contributed by atoms with van der Waals surface area (Å²) in [5, 5.41) is 12.0. The minimum Gasteiger partial charge on any atom is -0.479 e. The van der Waals surface area contributed by atoms with Gasteiger partial charge in [-0.05, 0) is 33.3 Å². The van der Waals surface area contributed by atoms with Crippen LogP contribution in [0.2, 0.25) is 0 Å². The molecule has 1 aromatic rings. The molecule has 166 valence electrons. The molecule has 0 aliphatic carbocycles. The largest absolute Gasteiger partial charge is 0.518 e. The molecule has 0 aromatic heterocycles. The van der Waals surface area contributed by atoms with Crippen molar-refractivity contribution in [3.63, 3.8) is 0 Å². The molecular weight excluding hydrogens is 398 g/mol. The number of carboxylic acid groups (broad SMARTS) is 1. The SMILES string of the molecule is CCOC(=O)/C=C(\C)NC(C(=O)O)c1ccccc1.CCOC(=O)OC(=O)OCC. The molecule has 30 heavy (non-hydrogen) atoms. The lowest BCUT2D eigenvalue weighted by Crippen LogP contribution is -2.27. The van der Waals surface area contributed by atoms with Crippen molar-refractivity contribution in [2.24, 2.45) is 0 Å². The first kappa shape index (κ1) is 26.4. The minimum absolute atomic E-state index is 0.165. The molecule has 0 aliphatic rings. The number of nitrogens with one attached hydrogen (secondary N) is 1. The van der Waals surface area contributed by atoms with Gasteiger partial charge in [-0.3, -0.25) is 0 Å². The van der Waals surface area contributed by atoms with Crippen LogP contribution >= 0.6 is 0 Å². The van der Waals surface area contributed by atoms with Gasteiger partial charge in [-0.2, -0.15) is 0 Å². The summed E-state index contributed by atoms with van der Waals surface area (Å²) in [6.45, 7) is 7.15. The van der Waals surface area contributed by atoms with Crippen LogP contribution in [0.15, 0.2) is 42.1 Å². The van der Waals surface area contributed by atoms with E-state index in [1.807, 2.05) is 6.07 Å². The summed E-state index contributed by atoms with van der Waals surface area (Å²) in [4.78, 5) is 43.3. The van der Waals surface area contributed by atoms with Crippen LogP contribution in [0, 0.1) is 0 Å². The highest BCUT2D eigenvalue weighted by molar-refractivity contribution is 5.83. The van der Waals surface area contributed by atoms with Gasteiger partial charge in [0.05, 0.1) is 19.8 Å². The average molecular weight is 425 g/mol. The lowest BCUT2D eigenvalue weighted by Gasteiger charge is -2.16. The molecule has 1 rings (SSSR count). The normalized spacial score (nSPS) is 11.1. The summed E-state index contributed by atoms with van der Waals surface area (Å²) in [7, 11) is 0. The van der Waals surface area contributed by atoms with E-state index in [9.17, 15) is 24.3 Å². The van der Waals surface area contributed by atoms with Crippen LogP contribution in [0.1, 0.15) is 39.3 Å². The number of hydrogen-bond donors (Lipinski definition) is 2. The quantitative estimate of drug-likeness (QED) is 0.276. The Hall–Kier alpha value is -3.56. The maximum absolute atomic E-state index is 11.3. The molecule has 0 heterocycles. The summed E-state index contributed by atoms with van der Waals surface area (Å²) in [5.41, 5.74) is 1.06. The number of allylic oxidation sites excluding steroid dienone is 1. The lowest BCUT2D eigenvalue weighted by atomic mass is 10.1. The van der Waals surface area contributed by atoms with Crippen LogP contribution in [0.4, 0.5) is 9.59 Å². The summed E-state index contributed by atoms with van der Waals surface area (Å²) in [6.07, 6.45) is -0.834. The van der Waals surface area contributed by atoms with E-state index in [0.29, 0.717) is 11.3 Å². The van der Waals surface area contributed by atoms with E-state index >= 15 is 0 Å². The lowest BCUT2D eigenvalue weighted by molar-refractivity contribution is -0.140. The van der Waals surface area contributed by atoms with Gasteiger partial charge < -0.3 is 29.4 Å². The fourth-order valence-electron chi connectivity index (χ4n) is 1.93. The molecule has 10 heteroatoms. The molecule has 10 nitrogen and oxygen atoms in total. The highest BCUT2D eigenvalue weighted by Crippen LogP contribution is 2.14. The third kappa shape index (κ3) is 12.0. The Morgan fingerprint density at radius 2 is 1.43 bits per heavy atom. The number of benzene rings is 1. The highest BCUT2D eigenvalue weighted by Gasteiger charge is 2.19. The minimum atomic E-state index is -1.04. The molecule has 0 radical (unpaired) electrons. The molecule has 0 amide bonds. The predicted octanol–water partition coefficient (Wildman–Crippen LogP) is 3.18. The van der Waals surface area contributed by atoms with Crippen molar-refractivity contribution in [1.82, 2.24) is 5.32 Å². The molecule has 1 aromatic carbocycles. The molecule has 1 atom stereocenters. The zero-order valence-corrected chi connectivity index (χ0v) is 17.4. The predicted molar refractivity (Wildman–Crippen MR) is 105 cm³/mol. The van der Waals surface area contributed by atoms with Crippen molar-refractivity contribution in [2.45, 2.75) is 33.7 Å². The number of hydrogen-bond acceptors (Lipinski definition) is 9. The first-order valence-electron chi connectivity index (χ1n) is 9.15. The monoisotopic (exact) mass is 425 g/mol. The Labute approximate surface area is 174 Å². The van der Waals surface area contributed by atoms with Crippen LogP contribution < -0.4 is 5.32 Å². The second-order valence-electron chi connectivity index (χ2n) is 5.37. The van der Waals surface area contributed by atoms with E-state index in [4.69, 9.17) is 4.74 Å². The fraction of sp³-hybridized carbons (Fsp3) is 0.400. The Bertz CT molecular complexity index is 700. The van der Waals surface area contributed by atoms with Gasteiger partial charge in [0.1, 0.15) is 6.04 Å². The van der Waals surface area contributed by atoms with Gasteiger partial charge in [0.15, 0.2) is 0 Å². The molecule has 2 N–H and O–H groups in total. The van der Waals surface area contributed by atoms with E-state index in [1.165, 1.54) is 6.08 Å². The Kier molecular flexibility index (Phi) is 13.5. The number of carbonyl (C=O) groups excluding carboxylic acids is 3. The van der Waals surface area contributed by atoms with Gasteiger partial charge in [0, 0.05) is 11.8 Å². The van der Waals surface area contributed by atoms with E-state index < -0.39 is 30.3 Å². The van der Waals surface area contributed by atoms with E-state index in [-0.39, 0.29) is 19.8 Å². The van der Waals surface area contributed by atoms with Crippen LogP contribution in [-0.2, 0) is 28.5 Å². The molecule has 0 bridgehead atoms. The van der Waals surface area contributed by atoms with Gasteiger partial charge >= 0.3 is 24.2 Å². The Morgan fingerprint density at radius 3 is 1.87 bits per heavy atom. The van der Waals surface area contributed by atoms with E-state index in [2.05, 4.69) is 19.5 Å². The second-order valence-corrected chi connectivity index (χ2v) is 5.37. The maximum atomic E-state index is 11.3. The third-order valence-electron chi connectivity index (χ3n) is 3.06. The van der Waals surface area contributed by atoms with Crippen molar-refractivity contribution in [2.75, 3.05) is 19.8 Å². The molecule has 0 saturated heterocycles. The zero-order valence-electron chi connectivity index (χ0n) is 17.4. The second kappa shape index (κ2) is 15.4. The van der Waals surface area contributed by atoms with Gasteiger partial charge in [-0.25, -0.2) is 19.2 Å². The first-order valence-corrected chi connectivity index (χ1v) is 9.15. The molecule has 1 unspecified atom stereocenters. The van der Waals surface area contributed by atoms with Crippen molar-refractivity contribution in [3.05, 3.63) is 47.7 Å². The zero-order chi connectivity index (χ0) is 22.9. The highest BCUT2D eigenvalue weighted by atomic mass is 16.8. The molecule has 0 fully saturated rings. The number of aliphatic carboxylic acids is 1. The standard InChI is InChI=1S/C14H17NO4.C6H10O5/c1-3-19-12(16)9-10(2)15-13(14(17)18)11-7-5-4-6-8-11;1-3-9-5(7)11-6(8)10-4-2/h4-9,13,15H,3H2,1-2H3,(H,17,18);3-4H2,1-2H3/b10-9+;. The van der Waals surface area contributed by atoms with Gasteiger partial charge in [-0.15, -0.1) is 0 Å². The number of esters is 1. The van der Waals surface area contributed by atoms with Crippen molar-refractivity contribution < 1.29 is 43.2 Å². The summed E-state index contributed by atoms with van der Waals surface area (Å²) < 4.78 is 17.4. The maximum Gasteiger partial charge on any atom is 0.518 e. The summed E-state index contributed by atoms with van der Waals surface area (Å²) >= 11 is 0. The van der Waals surface area contributed by atoms with E-state index in [0.717, 1.165) is 0 Å². The first-order chi connectivity index (χ1) is 14.2. The number of ether oxygens (including phenoxy) is 4. The van der Waals surface area contributed by atoms with Gasteiger partial charge in [0.25, 0.3) is 0 Å². The molecular formula is C20H27NO9. The molecule has 0 saturated carbocycles. The average Bonchev–Trinajstić information content (AvgIpc) is 2.67. The Morgan fingerprint density at radius 1 is 0.933 bits per heavy atom. The van der Waals surface area contributed by atoms with Crippen LogP contribution in [-0.4, -0.2) is 49.2 Å². The van der Waals surface area contributed by atoms with Gasteiger partial charge in [-0.1, -0.05) is 30.3 Å². The Balaban J connectivity index is 0.000000654. The molecule has 0 aliphatic heterocycles. The van der Waals surface area contributed by atoms with Crippen LogP contribution in [0.5, 0.6) is 0 Å². The summed E-state index contributed by atoms with van der Waals surface area (Å²) in [6, 6.07) is 7.86. The fourth-order valence-corrected chi connectivity index (χ4v) is 1.93. The number of carbonyl (C=O) groups is 4. The van der Waals surface area contributed by atoms with Gasteiger partial charge in [0.2, 0.25) is 0 Å².